The predicted molar refractivity (Wildman–Crippen MR) is 61.0 cm³/mol. The Balaban J connectivity index is 2.05. The van der Waals surface area contributed by atoms with Crippen LogP contribution in [0.3, 0.4) is 0 Å². The van der Waals surface area contributed by atoms with Gasteiger partial charge in [0.2, 0.25) is 11.8 Å². The van der Waals surface area contributed by atoms with Crippen molar-refractivity contribution in [2.45, 2.75) is 18.9 Å². The number of carboxylic acids is 1. The molecule has 1 saturated heterocycles. The smallest absolute Gasteiger partial charge is 0.337 e. The first-order valence-corrected chi connectivity index (χ1v) is 5.35. The second-order valence-electron chi connectivity index (χ2n) is 3.92. The predicted octanol–water partition coefficient (Wildman–Crippen LogP) is -0.00310. The highest BCUT2D eigenvalue weighted by Gasteiger charge is 2.27. The molecule has 2 amide bonds. The van der Waals surface area contributed by atoms with Gasteiger partial charge in [0.05, 0.1) is 17.4 Å². The van der Waals surface area contributed by atoms with Crippen LogP contribution in [0, 0.1) is 0 Å². The van der Waals surface area contributed by atoms with Gasteiger partial charge in [-0.3, -0.25) is 14.6 Å². The number of anilines is 1. The maximum Gasteiger partial charge on any atom is 0.337 e. The summed E-state index contributed by atoms with van der Waals surface area (Å²) in [5.74, 6) is -1.65. The average Bonchev–Trinajstić information content (AvgIpc) is 2.76. The van der Waals surface area contributed by atoms with Gasteiger partial charge in [0.1, 0.15) is 6.04 Å². The number of carbonyl (C=O) groups excluding carboxylic acids is 2. The van der Waals surface area contributed by atoms with Crippen LogP contribution in [0.5, 0.6) is 0 Å². The van der Waals surface area contributed by atoms with Gasteiger partial charge in [0.15, 0.2) is 0 Å². The third-order valence-corrected chi connectivity index (χ3v) is 2.56. The maximum absolute atomic E-state index is 11.7. The van der Waals surface area contributed by atoms with E-state index in [1.54, 1.807) is 0 Å². The fourth-order valence-corrected chi connectivity index (χ4v) is 1.67. The molecular formula is C11H11N3O4. The van der Waals surface area contributed by atoms with Gasteiger partial charge < -0.3 is 15.7 Å². The monoisotopic (exact) mass is 249 g/mol. The van der Waals surface area contributed by atoms with Gasteiger partial charge >= 0.3 is 5.97 Å². The molecule has 1 aliphatic rings. The van der Waals surface area contributed by atoms with Crippen molar-refractivity contribution in [3.8, 4) is 0 Å². The molecule has 1 aliphatic heterocycles. The Hall–Kier alpha value is -2.44. The first-order valence-electron chi connectivity index (χ1n) is 5.35. The Morgan fingerprint density at radius 3 is 2.83 bits per heavy atom. The second-order valence-corrected chi connectivity index (χ2v) is 3.92. The van der Waals surface area contributed by atoms with Crippen molar-refractivity contribution in [3.05, 3.63) is 24.0 Å². The van der Waals surface area contributed by atoms with E-state index in [9.17, 15) is 14.4 Å². The molecule has 1 fully saturated rings. The van der Waals surface area contributed by atoms with Gasteiger partial charge in [0, 0.05) is 12.6 Å². The lowest BCUT2D eigenvalue weighted by molar-refractivity contribution is -0.122. The molecule has 0 aliphatic carbocycles. The second kappa shape index (κ2) is 4.82. The largest absolute Gasteiger partial charge is 0.478 e. The van der Waals surface area contributed by atoms with Crippen LogP contribution in [0.4, 0.5) is 5.69 Å². The summed E-state index contributed by atoms with van der Waals surface area (Å²) in [6, 6.07) is 0.746. The molecule has 0 radical (unpaired) electrons. The summed E-state index contributed by atoms with van der Waals surface area (Å²) in [6.07, 6.45) is 3.30. The minimum atomic E-state index is -1.12. The summed E-state index contributed by atoms with van der Waals surface area (Å²) in [6.45, 7) is 0. The zero-order chi connectivity index (χ0) is 13.1. The van der Waals surface area contributed by atoms with Crippen LogP contribution < -0.4 is 10.6 Å². The zero-order valence-corrected chi connectivity index (χ0v) is 9.34. The van der Waals surface area contributed by atoms with E-state index >= 15 is 0 Å². The number of nitrogens with one attached hydrogen (secondary N) is 2. The van der Waals surface area contributed by atoms with E-state index < -0.39 is 12.0 Å². The molecule has 2 rings (SSSR count). The molecule has 0 unspecified atom stereocenters. The summed E-state index contributed by atoms with van der Waals surface area (Å²) in [5.41, 5.74) is 0.282. The van der Waals surface area contributed by atoms with Crippen LogP contribution in [-0.2, 0) is 9.59 Å². The lowest BCUT2D eigenvalue weighted by atomic mass is 10.2. The normalized spacial score (nSPS) is 18.2. The number of amides is 2. The van der Waals surface area contributed by atoms with Gasteiger partial charge in [0.25, 0.3) is 0 Å². The molecular weight excluding hydrogens is 238 g/mol. The molecule has 18 heavy (non-hydrogen) atoms. The molecule has 7 heteroatoms. The number of aromatic carboxylic acids is 1. The van der Waals surface area contributed by atoms with Crippen molar-refractivity contribution in [1.82, 2.24) is 10.3 Å². The van der Waals surface area contributed by atoms with E-state index in [1.165, 1.54) is 18.5 Å². The number of pyridine rings is 1. The Morgan fingerprint density at radius 2 is 2.22 bits per heavy atom. The highest BCUT2D eigenvalue weighted by molar-refractivity contribution is 5.99. The lowest BCUT2D eigenvalue weighted by Crippen LogP contribution is -2.37. The van der Waals surface area contributed by atoms with E-state index in [1.807, 2.05) is 0 Å². The zero-order valence-electron chi connectivity index (χ0n) is 9.34. The maximum atomic E-state index is 11.7. The average molecular weight is 249 g/mol. The summed E-state index contributed by atoms with van der Waals surface area (Å²) in [5, 5.41) is 13.8. The SMILES string of the molecule is O=C1CC[C@@H](C(=O)Nc2cncc(C(=O)O)c2)N1. The molecule has 0 saturated carbocycles. The van der Waals surface area contributed by atoms with E-state index in [0.717, 1.165) is 0 Å². The van der Waals surface area contributed by atoms with Crippen molar-refractivity contribution in [2.75, 3.05) is 5.32 Å². The van der Waals surface area contributed by atoms with Gasteiger partial charge in [-0.15, -0.1) is 0 Å². The van der Waals surface area contributed by atoms with Crippen molar-refractivity contribution in [1.29, 1.82) is 0 Å². The summed E-state index contributed by atoms with van der Waals surface area (Å²) in [4.78, 5) is 37.2. The molecule has 0 aromatic carbocycles. The molecule has 2 heterocycles. The topological polar surface area (TPSA) is 108 Å². The van der Waals surface area contributed by atoms with Gasteiger partial charge in [-0.2, -0.15) is 0 Å². The van der Waals surface area contributed by atoms with Crippen LogP contribution in [0.25, 0.3) is 0 Å². The van der Waals surface area contributed by atoms with Crippen molar-refractivity contribution in [2.24, 2.45) is 0 Å². The van der Waals surface area contributed by atoms with E-state index in [0.29, 0.717) is 18.5 Å². The molecule has 7 nitrogen and oxygen atoms in total. The van der Waals surface area contributed by atoms with E-state index in [-0.39, 0.29) is 17.4 Å². The Bertz CT molecular complexity index is 515. The number of hydrogen-bond acceptors (Lipinski definition) is 4. The Kier molecular flexibility index (Phi) is 3.22. The number of carboxylic acid groups (broad SMARTS) is 1. The summed E-state index contributed by atoms with van der Waals surface area (Å²) >= 11 is 0. The van der Waals surface area contributed by atoms with Crippen LogP contribution in [0.15, 0.2) is 18.5 Å². The number of carbonyl (C=O) groups is 3. The fourth-order valence-electron chi connectivity index (χ4n) is 1.67. The number of rotatable bonds is 3. The summed E-state index contributed by atoms with van der Waals surface area (Å²) < 4.78 is 0. The summed E-state index contributed by atoms with van der Waals surface area (Å²) in [7, 11) is 0. The highest BCUT2D eigenvalue weighted by Crippen LogP contribution is 2.12. The Morgan fingerprint density at radius 1 is 1.44 bits per heavy atom. The molecule has 0 bridgehead atoms. The van der Waals surface area contributed by atoms with Crippen LogP contribution >= 0.6 is 0 Å². The molecule has 1 aromatic rings. The van der Waals surface area contributed by atoms with Crippen molar-refractivity contribution >= 4 is 23.5 Å². The van der Waals surface area contributed by atoms with Gasteiger partial charge in [-0.1, -0.05) is 0 Å². The minimum Gasteiger partial charge on any atom is -0.478 e. The van der Waals surface area contributed by atoms with Crippen LogP contribution in [-0.4, -0.2) is 33.9 Å². The van der Waals surface area contributed by atoms with Crippen molar-refractivity contribution < 1.29 is 19.5 Å². The number of aromatic nitrogens is 1. The molecule has 94 valence electrons. The number of hydrogen-bond donors (Lipinski definition) is 3. The fraction of sp³-hybridized carbons (Fsp3) is 0.273. The standard InChI is InChI=1S/C11H11N3O4/c15-9-2-1-8(14-9)10(16)13-7-3-6(11(17)18)4-12-5-7/h3-5,8H,1-2H2,(H,13,16)(H,14,15)(H,17,18)/t8-/m0/s1. The molecule has 3 N–H and O–H groups in total. The van der Waals surface area contributed by atoms with E-state index in [2.05, 4.69) is 15.6 Å². The third-order valence-electron chi connectivity index (χ3n) is 2.56. The van der Waals surface area contributed by atoms with E-state index in [4.69, 9.17) is 5.11 Å². The van der Waals surface area contributed by atoms with Gasteiger partial charge in [-0.05, 0) is 12.5 Å². The Labute approximate surface area is 102 Å². The molecule has 1 atom stereocenters. The first-order chi connectivity index (χ1) is 8.56. The van der Waals surface area contributed by atoms with Gasteiger partial charge in [-0.25, -0.2) is 4.79 Å². The first kappa shape index (κ1) is 12.0. The quantitative estimate of drug-likeness (QED) is 0.698. The lowest BCUT2D eigenvalue weighted by Gasteiger charge is -2.10. The van der Waals surface area contributed by atoms with Crippen molar-refractivity contribution in [3.63, 3.8) is 0 Å². The third kappa shape index (κ3) is 2.62. The molecule has 0 spiro atoms. The molecule has 1 aromatic heterocycles. The van der Waals surface area contributed by atoms with Crippen LogP contribution in [0.2, 0.25) is 0 Å². The van der Waals surface area contributed by atoms with Crippen LogP contribution in [0.1, 0.15) is 23.2 Å². The number of nitrogens with zero attached hydrogens (tertiary/aromatic N) is 1. The highest BCUT2D eigenvalue weighted by atomic mass is 16.4. The minimum absolute atomic E-state index is 0.0109.